The molecule has 10 nitrogen and oxygen atoms in total. The second-order valence-corrected chi connectivity index (χ2v) is 9.63. The van der Waals surface area contributed by atoms with Gasteiger partial charge in [-0.05, 0) is 74.1 Å². The minimum atomic E-state index is -0.965. The monoisotopic (exact) mass is 504 g/mol. The molecule has 1 unspecified atom stereocenters. The smallest absolute Gasteiger partial charge is 0.262 e. The number of imide groups is 2. The fourth-order valence-electron chi connectivity index (χ4n) is 5.19. The molecule has 2 fully saturated rings. The van der Waals surface area contributed by atoms with Crippen LogP contribution in [0.3, 0.4) is 0 Å². The Labute approximate surface area is 213 Å². The highest BCUT2D eigenvalue weighted by Crippen LogP contribution is 2.32. The first-order valence-electron chi connectivity index (χ1n) is 12.4. The Balaban J connectivity index is 1.15. The molecule has 37 heavy (non-hydrogen) atoms. The standard InChI is InChI=1S/C27H28N4O6/c28-24(33)17-1-4-19(5-2-17)37-14-11-16-9-12-30(13-10-16)18-3-6-20-21(15-18)27(36)31(26(20)35)22-7-8-23(32)29-25(22)34/h1-6,15-16,22H,7-14H2,(H2,28,33)(H,29,32,34). The molecule has 3 heterocycles. The number of rotatable bonds is 7. The van der Waals surface area contributed by atoms with E-state index in [0.717, 1.165) is 42.9 Å². The number of fused-ring (bicyclic) bond motifs is 1. The lowest BCUT2D eigenvalue weighted by Gasteiger charge is -2.33. The van der Waals surface area contributed by atoms with Crippen LogP contribution in [0.1, 0.15) is 63.2 Å². The summed E-state index contributed by atoms with van der Waals surface area (Å²) >= 11 is 0. The number of amides is 5. The summed E-state index contributed by atoms with van der Waals surface area (Å²) in [7, 11) is 0. The Morgan fingerprint density at radius 1 is 0.946 bits per heavy atom. The lowest BCUT2D eigenvalue weighted by molar-refractivity contribution is -0.136. The van der Waals surface area contributed by atoms with Crippen LogP contribution in [0.15, 0.2) is 42.5 Å². The summed E-state index contributed by atoms with van der Waals surface area (Å²) in [6, 6.07) is 11.0. The van der Waals surface area contributed by atoms with E-state index in [-0.39, 0.29) is 18.4 Å². The number of carbonyl (C=O) groups excluding carboxylic acids is 5. The molecule has 0 bridgehead atoms. The molecular weight excluding hydrogens is 476 g/mol. The number of anilines is 1. The number of primary amides is 1. The van der Waals surface area contributed by atoms with Crippen LogP contribution in [0.2, 0.25) is 0 Å². The van der Waals surface area contributed by atoms with Gasteiger partial charge in [-0.3, -0.25) is 34.2 Å². The maximum absolute atomic E-state index is 13.1. The zero-order chi connectivity index (χ0) is 26.1. The van der Waals surface area contributed by atoms with Gasteiger partial charge >= 0.3 is 0 Å². The topological polar surface area (TPSA) is 139 Å². The van der Waals surface area contributed by atoms with E-state index < -0.39 is 35.6 Å². The maximum Gasteiger partial charge on any atom is 0.262 e. The minimum absolute atomic E-state index is 0.0939. The van der Waals surface area contributed by atoms with E-state index in [4.69, 9.17) is 10.5 Å². The van der Waals surface area contributed by atoms with E-state index >= 15 is 0 Å². The van der Waals surface area contributed by atoms with Gasteiger partial charge in [0.25, 0.3) is 11.8 Å². The summed E-state index contributed by atoms with van der Waals surface area (Å²) < 4.78 is 5.81. The molecule has 3 aliphatic rings. The van der Waals surface area contributed by atoms with Crippen molar-refractivity contribution in [2.24, 2.45) is 11.7 Å². The van der Waals surface area contributed by atoms with E-state index in [1.807, 2.05) is 6.07 Å². The Morgan fingerprint density at radius 2 is 1.65 bits per heavy atom. The molecule has 1 atom stereocenters. The second kappa shape index (κ2) is 10.0. The molecule has 0 aliphatic carbocycles. The number of benzene rings is 2. The van der Waals surface area contributed by atoms with Crippen LogP contribution in [0.5, 0.6) is 5.75 Å². The molecule has 0 radical (unpaired) electrons. The maximum atomic E-state index is 13.1. The van der Waals surface area contributed by atoms with Gasteiger partial charge < -0.3 is 15.4 Å². The SMILES string of the molecule is NC(=O)c1ccc(OCCC2CCN(c3ccc4c(c3)C(=O)N(C3CCC(=O)NC3=O)C4=O)CC2)cc1. The van der Waals surface area contributed by atoms with Crippen LogP contribution >= 0.6 is 0 Å². The van der Waals surface area contributed by atoms with Gasteiger partial charge in [-0.25, -0.2) is 0 Å². The lowest BCUT2D eigenvalue weighted by atomic mass is 9.93. The molecule has 3 N–H and O–H groups in total. The Bertz CT molecular complexity index is 1270. The van der Waals surface area contributed by atoms with Crippen LogP contribution in [0, 0.1) is 5.92 Å². The highest BCUT2D eigenvalue weighted by atomic mass is 16.5. The van der Waals surface area contributed by atoms with Gasteiger partial charge in [0.05, 0.1) is 17.7 Å². The molecule has 0 aromatic heterocycles. The molecule has 0 spiro atoms. The van der Waals surface area contributed by atoms with Crippen LogP contribution in [-0.2, 0) is 9.59 Å². The van der Waals surface area contributed by atoms with Crippen molar-refractivity contribution in [3.8, 4) is 5.75 Å². The predicted molar refractivity (Wildman–Crippen MR) is 133 cm³/mol. The first-order chi connectivity index (χ1) is 17.8. The highest BCUT2D eigenvalue weighted by Gasteiger charge is 2.44. The van der Waals surface area contributed by atoms with Crippen LogP contribution in [0.25, 0.3) is 0 Å². The number of nitrogens with one attached hydrogen (secondary N) is 1. The third-order valence-electron chi connectivity index (χ3n) is 7.34. The van der Waals surface area contributed by atoms with Crippen molar-refractivity contribution < 1.29 is 28.7 Å². The average molecular weight is 505 g/mol. The van der Waals surface area contributed by atoms with Crippen molar-refractivity contribution in [1.29, 1.82) is 0 Å². The molecule has 5 amide bonds. The molecule has 10 heteroatoms. The van der Waals surface area contributed by atoms with Crippen LogP contribution in [0.4, 0.5) is 5.69 Å². The fourth-order valence-corrected chi connectivity index (χ4v) is 5.19. The quantitative estimate of drug-likeness (QED) is 0.549. The summed E-state index contributed by atoms with van der Waals surface area (Å²) in [5.41, 5.74) is 7.16. The Morgan fingerprint density at radius 3 is 2.32 bits per heavy atom. The third kappa shape index (κ3) is 4.91. The molecular formula is C27H28N4O6. The Kier molecular flexibility index (Phi) is 6.64. The minimum Gasteiger partial charge on any atom is -0.494 e. The molecule has 5 rings (SSSR count). The third-order valence-corrected chi connectivity index (χ3v) is 7.34. The summed E-state index contributed by atoms with van der Waals surface area (Å²) in [5.74, 6) is -1.26. The van der Waals surface area contributed by atoms with Gasteiger partial charge in [0.2, 0.25) is 17.7 Å². The molecule has 2 saturated heterocycles. The van der Waals surface area contributed by atoms with E-state index in [0.29, 0.717) is 29.4 Å². The molecule has 192 valence electrons. The van der Waals surface area contributed by atoms with Gasteiger partial charge in [0, 0.05) is 30.8 Å². The van der Waals surface area contributed by atoms with Gasteiger partial charge in [-0.1, -0.05) is 0 Å². The van der Waals surface area contributed by atoms with E-state index in [1.54, 1.807) is 36.4 Å². The van der Waals surface area contributed by atoms with Crippen molar-refractivity contribution in [2.45, 2.75) is 38.1 Å². The number of carbonyl (C=O) groups is 5. The van der Waals surface area contributed by atoms with Crippen molar-refractivity contribution in [2.75, 3.05) is 24.6 Å². The Hall–Kier alpha value is -4.21. The normalized spacial score (nSPS) is 20.2. The van der Waals surface area contributed by atoms with E-state index in [2.05, 4.69) is 10.2 Å². The molecule has 0 saturated carbocycles. The van der Waals surface area contributed by atoms with Gasteiger partial charge in [0.1, 0.15) is 11.8 Å². The molecule has 3 aliphatic heterocycles. The number of piperidine rings is 2. The van der Waals surface area contributed by atoms with Crippen LogP contribution in [-0.4, -0.2) is 60.2 Å². The molecule has 2 aromatic rings. The number of ether oxygens (including phenoxy) is 1. The van der Waals surface area contributed by atoms with Gasteiger partial charge in [0.15, 0.2) is 0 Å². The first kappa shape index (κ1) is 24.5. The first-order valence-corrected chi connectivity index (χ1v) is 12.4. The number of nitrogens with zero attached hydrogens (tertiary/aromatic N) is 2. The zero-order valence-corrected chi connectivity index (χ0v) is 20.3. The lowest BCUT2D eigenvalue weighted by Crippen LogP contribution is -2.54. The van der Waals surface area contributed by atoms with Crippen LogP contribution < -0.4 is 20.7 Å². The molecule has 2 aromatic carbocycles. The predicted octanol–water partition coefficient (Wildman–Crippen LogP) is 1.87. The van der Waals surface area contributed by atoms with Crippen molar-refractivity contribution >= 4 is 35.2 Å². The summed E-state index contributed by atoms with van der Waals surface area (Å²) in [4.78, 5) is 64.1. The van der Waals surface area contributed by atoms with Crippen molar-refractivity contribution in [1.82, 2.24) is 10.2 Å². The number of hydrogen-bond acceptors (Lipinski definition) is 7. The van der Waals surface area contributed by atoms with Gasteiger partial charge in [-0.15, -0.1) is 0 Å². The van der Waals surface area contributed by atoms with E-state index in [9.17, 15) is 24.0 Å². The summed E-state index contributed by atoms with van der Waals surface area (Å²) in [6.07, 6.45) is 3.08. The summed E-state index contributed by atoms with van der Waals surface area (Å²) in [6.45, 7) is 2.21. The van der Waals surface area contributed by atoms with Gasteiger partial charge in [-0.2, -0.15) is 0 Å². The largest absolute Gasteiger partial charge is 0.494 e. The highest BCUT2D eigenvalue weighted by molar-refractivity contribution is 6.23. The summed E-state index contributed by atoms with van der Waals surface area (Å²) in [5, 5.41) is 2.21. The van der Waals surface area contributed by atoms with Crippen molar-refractivity contribution in [3.63, 3.8) is 0 Å². The van der Waals surface area contributed by atoms with E-state index in [1.165, 1.54) is 0 Å². The number of hydrogen-bond donors (Lipinski definition) is 2. The number of nitrogens with two attached hydrogens (primary N) is 1. The fraction of sp³-hybridized carbons (Fsp3) is 0.370. The second-order valence-electron chi connectivity index (χ2n) is 9.63. The van der Waals surface area contributed by atoms with Crippen molar-refractivity contribution in [3.05, 3.63) is 59.2 Å². The zero-order valence-electron chi connectivity index (χ0n) is 20.3. The average Bonchev–Trinajstić information content (AvgIpc) is 3.14.